The molecule has 1 aliphatic heterocycles. The van der Waals surface area contributed by atoms with E-state index in [0.717, 1.165) is 23.3 Å². The Morgan fingerprint density at radius 1 is 1.39 bits per heavy atom. The van der Waals surface area contributed by atoms with Gasteiger partial charge >= 0.3 is 0 Å². The monoisotopic (exact) mass is 308 g/mol. The normalized spacial score (nSPS) is 17.7. The van der Waals surface area contributed by atoms with Gasteiger partial charge in [-0.25, -0.2) is 0 Å². The second-order valence-electron chi connectivity index (χ2n) is 4.73. The Morgan fingerprint density at radius 3 is 2.67 bits per heavy atom. The van der Waals surface area contributed by atoms with Gasteiger partial charge in [0.2, 0.25) is 0 Å². The summed E-state index contributed by atoms with van der Waals surface area (Å²) in [7, 11) is 0. The molecule has 2 rings (SSSR count). The fourth-order valence-corrected chi connectivity index (χ4v) is 3.48. The number of hydrogen-bond donors (Lipinski definition) is 1. The lowest BCUT2D eigenvalue weighted by Gasteiger charge is -2.31. The van der Waals surface area contributed by atoms with Crippen LogP contribution >= 0.6 is 35.3 Å². The molecule has 0 atom stereocenters. The van der Waals surface area contributed by atoms with Crippen LogP contribution in [0.4, 0.5) is 0 Å². The van der Waals surface area contributed by atoms with Crippen molar-refractivity contribution in [3.05, 3.63) is 21.3 Å². The highest BCUT2D eigenvalue weighted by molar-refractivity contribution is 7.16. The molecule has 1 fully saturated rings. The summed E-state index contributed by atoms with van der Waals surface area (Å²) in [5.41, 5.74) is 0. The van der Waals surface area contributed by atoms with Gasteiger partial charge in [0.1, 0.15) is 0 Å². The lowest BCUT2D eigenvalue weighted by atomic mass is 9.97. The molecule has 1 aromatic heterocycles. The topological polar surface area (TPSA) is 15.3 Å². The predicted molar refractivity (Wildman–Crippen MR) is 83.1 cm³/mol. The van der Waals surface area contributed by atoms with Gasteiger partial charge in [-0.05, 0) is 57.1 Å². The Bertz CT molecular complexity index is 335. The van der Waals surface area contributed by atoms with Gasteiger partial charge in [0, 0.05) is 11.4 Å². The molecular formula is C13H22Cl2N2S. The zero-order valence-electron chi connectivity index (χ0n) is 10.8. The molecule has 18 heavy (non-hydrogen) atoms. The number of hydrogen-bond acceptors (Lipinski definition) is 3. The minimum absolute atomic E-state index is 0. The van der Waals surface area contributed by atoms with E-state index in [-0.39, 0.29) is 12.4 Å². The van der Waals surface area contributed by atoms with E-state index in [9.17, 15) is 0 Å². The molecule has 1 saturated heterocycles. The zero-order chi connectivity index (χ0) is 12.1. The Balaban J connectivity index is 0.00000162. The van der Waals surface area contributed by atoms with Crippen molar-refractivity contribution in [2.45, 2.75) is 26.3 Å². The summed E-state index contributed by atoms with van der Waals surface area (Å²) >= 11 is 7.66. The summed E-state index contributed by atoms with van der Waals surface area (Å²) in [6, 6.07) is 4.15. The highest BCUT2D eigenvalue weighted by Gasteiger charge is 2.18. The van der Waals surface area contributed by atoms with Crippen LogP contribution in [0, 0.1) is 5.92 Å². The minimum atomic E-state index is 0. The van der Waals surface area contributed by atoms with E-state index < -0.39 is 0 Å². The predicted octanol–water partition coefficient (Wildman–Crippen LogP) is 3.64. The minimum Gasteiger partial charge on any atom is -0.317 e. The van der Waals surface area contributed by atoms with Gasteiger partial charge in [0.15, 0.2) is 0 Å². The number of rotatable bonds is 5. The molecule has 0 aliphatic carbocycles. The van der Waals surface area contributed by atoms with Crippen LogP contribution in [-0.4, -0.2) is 31.1 Å². The zero-order valence-corrected chi connectivity index (χ0v) is 13.2. The van der Waals surface area contributed by atoms with Crippen molar-refractivity contribution in [3.63, 3.8) is 0 Å². The number of nitrogens with zero attached hydrogens (tertiary/aromatic N) is 1. The van der Waals surface area contributed by atoms with Crippen LogP contribution in [0.15, 0.2) is 12.1 Å². The van der Waals surface area contributed by atoms with Crippen LogP contribution in [-0.2, 0) is 6.54 Å². The Labute approximate surface area is 125 Å². The number of piperidine rings is 1. The fraction of sp³-hybridized carbons (Fsp3) is 0.692. The van der Waals surface area contributed by atoms with Crippen molar-refractivity contribution in [1.29, 1.82) is 0 Å². The van der Waals surface area contributed by atoms with Crippen LogP contribution in [0.1, 0.15) is 24.6 Å². The summed E-state index contributed by atoms with van der Waals surface area (Å²) in [6.07, 6.45) is 2.65. The summed E-state index contributed by atoms with van der Waals surface area (Å²) in [5.74, 6) is 0.873. The van der Waals surface area contributed by atoms with Crippen molar-refractivity contribution in [2.75, 3.05) is 26.2 Å². The molecule has 1 aromatic rings. The van der Waals surface area contributed by atoms with E-state index in [2.05, 4.69) is 23.2 Å². The van der Waals surface area contributed by atoms with E-state index in [0.29, 0.717) is 0 Å². The van der Waals surface area contributed by atoms with Gasteiger partial charge in [-0.2, -0.15) is 0 Å². The lowest BCUT2D eigenvalue weighted by molar-refractivity contribution is 0.177. The van der Waals surface area contributed by atoms with Gasteiger partial charge in [-0.15, -0.1) is 23.7 Å². The molecule has 0 bridgehead atoms. The molecule has 2 nitrogen and oxygen atoms in total. The van der Waals surface area contributed by atoms with Crippen molar-refractivity contribution >= 4 is 35.3 Å². The highest BCUT2D eigenvalue weighted by atomic mass is 35.5. The molecule has 0 unspecified atom stereocenters. The maximum Gasteiger partial charge on any atom is 0.0931 e. The molecule has 0 aromatic carbocycles. The Morgan fingerprint density at radius 2 is 2.11 bits per heavy atom. The first kappa shape index (κ1) is 16.3. The molecule has 5 heteroatoms. The van der Waals surface area contributed by atoms with Gasteiger partial charge in [-0.1, -0.05) is 18.5 Å². The quantitative estimate of drug-likeness (QED) is 0.893. The van der Waals surface area contributed by atoms with Gasteiger partial charge < -0.3 is 5.32 Å². The first-order valence-corrected chi connectivity index (χ1v) is 7.64. The molecule has 1 N–H and O–H groups in total. The van der Waals surface area contributed by atoms with E-state index in [1.807, 2.05) is 6.07 Å². The number of halogens is 2. The molecular weight excluding hydrogens is 287 g/mol. The number of thiophene rings is 1. The van der Waals surface area contributed by atoms with Crippen LogP contribution in [0.2, 0.25) is 4.34 Å². The van der Waals surface area contributed by atoms with Crippen LogP contribution in [0.5, 0.6) is 0 Å². The second kappa shape index (κ2) is 8.39. The summed E-state index contributed by atoms with van der Waals surface area (Å²) < 4.78 is 0.905. The smallest absolute Gasteiger partial charge is 0.0931 e. The van der Waals surface area contributed by atoms with E-state index in [4.69, 9.17) is 11.6 Å². The average Bonchev–Trinajstić information content (AvgIpc) is 2.74. The fourth-order valence-electron chi connectivity index (χ4n) is 2.35. The van der Waals surface area contributed by atoms with Crippen LogP contribution < -0.4 is 5.32 Å². The second-order valence-corrected chi connectivity index (χ2v) is 6.53. The third kappa shape index (κ3) is 5.06. The molecule has 1 aliphatic rings. The first-order valence-electron chi connectivity index (χ1n) is 6.45. The number of likely N-dealkylation sites (tertiary alicyclic amines) is 1. The Kier molecular flexibility index (Phi) is 7.57. The first-order chi connectivity index (χ1) is 8.28. The van der Waals surface area contributed by atoms with E-state index in [1.54, 1.807) is 11.3 Å². The van der Waals surface area contributed by atoms with Gasteiger partial charge in [0.05, 0.1) is 4.34 Å². The SMILES string of the molecule is CCNCC1CCN(Cc2ccc(Cl)s2)CC1.Cl. The highest BCUT2D eigenvalue weighted by Crippen LogP contribution is 2.24. The van der Waals surface area contributed by atoms with Crippen LogP contribution in [0.25, 0.3) is 0 Å². The summed E-state index contributed by atoms with van der Waals surface area (Å²) in [6.45, 7) is 7.99. The third-order valence-corrected chi connectivity index (χ3v) is 4.61. The van der Waals surface area contributed by atoms with Gasteiger partial charge in [-0.3, -0.25) is 4.90 Å². The molecule has 0 saturated carbocycles. The van der Waals surface area contributed by atoms with Crippen LogP contribution in [0.3, 0.4) is 0 Å². The lowest BCUT2D eigenvalue weighted by Crippen LogP contribution is -2.36. The third-order valence-electron chi connectivity index (χ3n) is 3.40. The molecule has 0 amide bonds. The van der Waals surface area contributed by atoms with E-state index >= 15 is 0 Å². The van der Waals surface area contributed by atoms with Crippen molar-refractivity contribution in [2.24, 2.45) is 5.92 Å². The number of nitrogens with one attached hydrogen (secondary N) is 1. The average molecular weight is 309 g/mol. The standard InChI is InChI=1S/C13H21ClN2S.ClH/c1-2-15-9-11-5-7-16(8-6-11)10-12-3-4-13(14)17-12;/h3-4,11,15H,2,5-10H2,1H3;1H. The summed E-state index contributed by atoms with van der Waals surface area (Å²) in [5, 5.41) is 3.45. The van der Waals surface area contributed by atoms with E-state index in [1.165, 1.54) is 37.4 Å². The van der Waals surface area contributed by atoms with Crippen molar-refractivity contribution in [3.8, 4) is 0 Å². The molecule has 104 valence electrons. The summed E-state index contributed by atoms with van der Waals surface area (Å²) in [4.78, 5) is 3.94. The molecule has 0 radical (unpaired) electrons. The molecule has 2 heterocycles. The maximum atomic E-state index is 5.95. The largest absolute Gasteiger partial charge is 0.317 e. The Hall–Kier alpha value is 0.200. The van der Waals surface area contributed by atoms with Gasteiger partial charge in [0.25, 0.3) is 0 Å². The molecule has 0 spiro atoms. The van der Waals surface area contributed by atoms with Crippen molar-refractivity contribution in [1.82, 2.24) is 10.2 Å². The van der Waals surface area contributed by atoms with Crippen molar-refractivity contribution < 1.29 is 0 Å². The maximum absolute atomic E-state index is 5.95.